The maximum atomic E-state index is 10.8. The van der Waals surface area contributed by atoms with Crippen LogP contribution in [0.5, 0.6) is 5.75 Å². The molecule has 1 aromatic rings. The molecule has 118 valence electrons. The molecule has 2 aliphatic heterocycles. The standard InChI is InChI=1S/C16H22ClNO2.ClH/c1-16(2)15(19)14(18-8-4-3-5-9-18)12-10-11(17)6-7-13(12)20-16;/h6-7,10,14-15,19H,3-5,8-9H2,1-2H3;1H/t14-,15+;/m1./s1. The fourth-order valence-corrected chi connectivity index (χ4v) is 3.51. The first-order valence-corrected chi connectivity index (χ1v) is 7.77. The maximum absolute atomic E-state index is 10.8. The molecule has 0 spiro atoms. The molecule has 0 radical (unpaired) electrons. The van der Waals surface area contributed by atoms with Crippen LogP contribution in [0.4, 0.5) is 0 Å². The highest BCUT2D eigenvalue weighted by Crippen LogP contribution is 2.44. The summed E-state index contributed by atoms with van der Waals surface area (Å²) in [5.41, 5.74) is 0.439. The predicted octanol–water partition coefficient (Wildman–Crippen LogP) is 3.82. The van der Waals surface area contributed by atoms with Gasteiger partial charge in [-0.2, -0.15) is 0 Å². The first-order valence-electron chi connectivity index (χ1n) is 7.39. The van der Waals surface area contributed by atoms with E-state index in [2.05, 4.69) is 4.90 Å². The smallest absolute Gasteiger partial charge is 0.131 e. The number of benzene rings is 1. The lowest BCUT2D eigenvalue weighted by molar-refractivity contribution is -0.0961. The van der Waals surface area contributed by atoms with E-state index in [0.29, 0.717) is 5.02 Å². The minimum Gasteiger partial charge on any atom is -0.485 e. The van der Waals surface area contributed by atoms with E-state index in [1.807, 2.05) is 32.0 Å². The molecule has 5 heteroatoms. The average molecular weight is 332 g/mol. The van der Waals surface area contributed by atoms with Gasteiger partial charge >= 0.3 is 0 Å². The molecule has 2 aliphatic rings. The van der Waals surface area contributed by atoms with Crippen LogP contribution in [0.25, 0.3) is 0 Å². The van der Waals surface area contributed by atoms with Crippen LogP contribution in [0.15, 0.2) is 18.2 Å². The second-order valence-electron chi connectivity index (χ2n) is 6.37. The van der Waals surface area contributed by atoms with Gasteiger partial charge in [-0.15, -0.1) is 12.4 Å². The van der Waals surface area contributed by atoms with E-state index in [-0.39, 0.29) is 18.4 Å². The number of aliphatic hydroxyl groups is 1. The van der Waals surface area contributed by atoms with Crippen LogP contribution in [0, 0.1) is 0 Å². The Balaban J connectivity index is 0.00000161. The number of nitrogens with zero attached hydrogens (tertiary/aromatic N) is 1. The van der Waals surface area contributed by atoms with Crippen molar-refractivity contribution < 1.29 is 9.84 Å². The van der Waals surface area contributed by atoms with E-state index >= 15 is 0 Å². The fourth-order valence-electron chi connectivity index (χ4n) is 3.33. The predicted molar refractivity (Wildman–Crippen MR) is 87.6 cm³/mol. The topological polar surface area (TPSA) is 32.7 Å². The lowest BCUT2D eigenvalue weighted by Crippen LogP contribution is -2.54. The third kappa shape index (κ3) is 3.16. The zero-order valence-electron chi connectivity index (χ0n) is 12.5. The van der Waals surface area contributed by atoms with Crippen LogP contribution in [-0.2, 0) is 0 Å². The first-order chi connectivity index (χ1) is 9.49. The van der Waals surface area contributed by atoms with Crippen LogP contribution in [-0.4, -0.2) is 34.8 Å². The summed E-state index contributed by atoms with van der Waals surface area (Å²) in [5.74, 6) is 0.847. The van der Waals surface area contributed by atoms with Gasteiger partial charge in [0, 0.05) is 10.6 Å². The molecule has 1 N–H and O–H groups in total. The number of ether oxygens (including phenoxy) is 1. The Kier molecular flexibility index (Phi) is 5.09. The van der Waals surface area contributed by atoms with Crippen LogP contribution in [0.2, 0.25) is 5.02 Å². The molecule has 0 aromatic heterocycles. The highest BCUT2D eigenvalue weighted by Gasteiger charge is 2.45. The number of piperidine rings is 1. The summed E-state index contributed by atoms with van der Waals surface area (Å²) >= 11 is 6.14. The molecular weight excluding hydrogens is 309 g/mol. The second kappa shape index (κ2) is 6.33. The summed E-state index contributed by atoms with van der Waals surface area (Å²) in [7, 11) is 0. The fraction of sp³-hybridized carbons (Fsp3) is 0.625. The van der Waals surface area contributed by atoms with Gasteiger partial charge < -0.3 is 9.84 Å². The van der Waals surface area contributed by atoms with Crippen molar-refractivity contribution in [2.75, 3.05) is 13.1 Å². The Labute approximate surface area is 137 Å². The SMILES string of the molecule is CC1(C)Oc2ccc(Cl)cc2[C@@H](N2CCCCC2)[C@@H]1O.Cl. The number of likely N-dealkylation sites (tertiary alicyclic amines) is 1. The number of aliphatic hydroxyl groups excluding tert-OH is 1. The van der Waals surface area contributed by atoms with E-state index in [0.717, 1.165) is 24.4 Å². The van der Waals surface area contributed by atoms with Crippen LogP contribution < -0.4 is 4.74 Å². The van der Waals surface area contributed by atoms with Gasteiger partial charge in [-0.3, -0.25) is 4.90 Å². The largest absolute Gasteiger partial charge is 0.485 e. The summed E-state index contributed by atoms with van der Waals surface area (Å²) in [6.45, 7) is 5.96. The van der Waals surface area contributed by atoms with E-state index in [9.17, 15) is 5.11 Å². The zero-order valence-corrected chi connectivity index (χ0v) is 14.1. The van der Waals surface area contributed by atoms with Crippen LogP contribution in [0.1, 0.15) is 44.7 Å². The molecule has 1 aromatic carbocycles. The number of halogens is 2. The summed E-state index contributed by atoms with van der Waals surface area (Å²) < 4.78 is 5.97. The van der Waals surface area contributed by atoms with E-state index < -0.39 is 11.7 Å². The highest BCUT2D eigenvalue weighted by molar-refractivity contribution is 6.30. The van der Waals surface area contributed by atoms with Gasteiger partial charge in [0.15, 0.2) is 0 Å². The summed E-state index contributed by atoms with van der Waals surface area (Å²) in [5, 5.41) is 11.5. The highest BCUT2D eigenvalue weighted by atomic mass is 35.5. The molecular formula is C16H23Cl2NO2. The number of rotatable bonds is 1. The lowest BCUT2D eigenvalue weighted by Gasteiger charge is -2.47. The van der Waals surface area contributed by atoms with Crippen molar-refractivity contribution in [1.82, 2.24) is 4.90 Å². The van der Waals surface area contributed by atoms with Gasteiger partial charge in [0.25, 0.3) is 0 Å². The van der Waals surface area contributed by atoms with Gasteiger partial charge in [0.1, 0.15) is 17.5 Å². The Bertz CT molecular complexity index is 501. The van der Waals surface area contributed by atoms with Crippen molar-refractivity contribution in [3.05, 3.63) is 28.8 Å². The molecule has 3 nitrogen and oxygen atoms in total. The number of hydrogen-bond acceptors (Lipinski definition) is 3. The molecule has 2 heterocycles. The zero-order chi connectivity index (χ0) is 14.3. The number of hydrogen-bond donors (Lipinski definition) is 1. The number of fused-ring (bicyclic) bond motifs is 1. The minimum absolute atomic E-state index is 0. The van der Waals surface area contributed by atoms with Crippen molar-refractivity contribution in [3.63, 3.8) is 0 Å². The molecule has 1 saturated heterocycles. The molecule has 0 saturated carbocycles. The summed E-state index contributed by atoms with van der Waals surface area (Å²) in [6.07, 6.45) is 3.12. The average Bonchev–Trinajstić information content (AvgIpc) is 2.42. The molecule has 3 rings (SSSR count). The van der Waals surface area contributed by atoms with E-state index in [1.54, 1.807) is 0 Å². The summed E-state index contributed by atoms with van der Waals surface area (Å²) in [4.78, 5) is 2.38. The molecule has 0 aliphatic carbocycles. The second-order valence-corrected chi connectivity index (χ2v) is 6.81. The van der Waals surface area contributed by atoms with Crippen LogP contribution in [0.3, 0.4) is 0 Å². The van der Waals surface area contributed by atoms with Crippen molar-refractivity contribution in [1.29, 1.82) is 0 Å². The van der Waals surface area contributed by atoms with E-state index in [1.165, 1.54) is 19.3 Å². The molecule has 2 atom stereocenters. The van der Waals surface area contributed by atoms with Gasteiger partial charge in [-0.1, -0.05) is 18.0 Å². The monoisotopic (exact) mass is 331 g/mol. The van der Waals surface area contributed by atoms with Crippen LogP contribution >= 0.6 is 24.0 Å². The lowest BCUT2D eigenvalue weighted by atomic mass is 9.85. The van der Waals surface area contributed by atoms with Gasteiger partial charge in [-0.25, -0.2) is 0 Å². The van der Waals surface area contributed by atoms with Crippen molar-refractivity contribution in [2.45, 2.75) is 50.9 Å². The van der Waals surface area contributed by atoms with Gasteiger partial charge in [0.2, 0.25) is 0 Å². The molecule has 0 bridgehead atoms. The molecule has 21 heavy (non-hydrogen) atoms. The Morgan fingerprint density at radius 3 is 2.57 bits per heavy atom. The van der Waals surface area contributed by atoms with Crippen molar-refractivity contribution in [3.8, 4) is 5.75 Å². The third-order valence-electron chi connectivity index (χ3n) is 4.46. The van der Waals surface area contributed by atoms with Crippen molar-refractivity contribution in [2.24, 2.45) is 0 Å². The normalized spacial score (nSPS) is 28.2. The third-order valence-corrected chi connectivity index (χ3v) is 4.69. The molecule has 0 amide bonds. The Morgan fingerprint density at radius 2 is 1.90 bits per heavy atom. The van der Waals surface area contributed by atoms with Crippen molar-refractivity contribution >= 4 is 24.0 Å². The first kappa shape index (κ1) is 16.9. The van der Waals surface area contributed by atoms with Gasteiger partial charge in [-0.05, 0) is 58.0 Å². The minimum atomic E-state index is -0.580. The van der Waals surface area contributed by atoms with Gasteiger partial charge in [0.05, 0.1) is 6.04 Å². The quantitative estimate of drug-likeness (QED) is 0.849. The Morgan fingerprint density at radius 1 is 1.24 bits per heavy atom. The maximum Gasteiger partial charge on any atom is 0.131 e. The summed E-state index contributed by atoms with van der Waals surface area (Å²) in [6, 6.07) is 5.69. The van der Waals surface area contributed by atoms with E-state index in [4.69, 9.17) is 16.3 Å². The Hall–Kier alpha value is -0.480. The molecule has 1 fully saturated rings. The molecule has 0 unspecified atom stereocenters.